The lowest BCUT2D eigenvalue weighted by Crippen LogP contribution is -2.27. The fourth-order valence-electron chi connectivity index (χ4n) is 2.02. The standard InChI is InChI=1S/C17H20FN3O2S2/c1-2-24-11-15(22)20-9-16-21-14(10-25-16)17(23)19-8-7-12-5-3-4-6-13(12)18/h3-6,10H,2,7-9,11H2,1H3,(H,19,23)(H,20,22). The molecule has 1 heterocycles. The number of nitrogens with one attached hydrogen (secondary N) is 2. The van der Waals surface area contributed by atoms with E-state index in [-0.39, 0.29) is 17.6 Å². The van der Waals surface area contributed by atoms with E-state index in [2.05, 4.69) is 15.6 Å². The van der Waals surface area contributed by atoms with Gasteiger partial charge in [0.1, 0.15) is 16.5 Å². The number of carbonyl (C=O) groups is 2. The monoisotopic (exact) mass is 381 g/mol. The van der Waals surface area contributed by atoms with Crippen molar-refractivity contribution in [2.45, 2.75) is 19.9 Å². The molecular weight excluding hydrogens is 361 g/mol. The molecule has 0 bridgehead atoms. The first-order chi connectivity index (χ1) is 12.1. The first kappa shape index (κ1) is 19.4. The van der Waals surface area contributed by atoms with E-state index in [1.165, 1.54) is 17.4 Å². The van der Waals surface area contributed by atoms with Gasteiger partial charge in [-0.3, -0.25) is 9.59 Å². The SMILES string of the molecule is CCSCC(=O)NCc1nc(C(=O)NCCc2ccccc2F)cs1. The number of hydrogen-bond donors (Lipinski definition) is 2. The first-order valence-electron chi connectivity index (χ1n) is 7.90. The number of carbonyl (C=O) groups excluding carboxylic acids is 2. The molecule has 0 saturated heterocycles. The van der Waals surface area contributed by atoms with Crippen molar-refractivity contribution in [3.63, 3.8) is 0 Å². The largest absolute Gasteiger partial charge is 0.350 e. The molecule has 0 aliphatic rings. The number of nitrogens with zero attached hydrogens (tertiary/aromatic N) is 1. The highest BCUT2D eigenvalue weighted by Gasteiger charge is 2.11. The van der Waals surface area contributed by atoms with Crippen LogP contribution in [0.25, 0.3) is 0 Å². The molecule has 0 aliphatic heterocycles. The maximum absolute atomic E-state index is 13.5. The van der Waals surface area contributed by atoms with Gasteiger partial charge in [0.25, 0.3) is 5.91 Å². The number of thioether (sulfide) groups is 1. The number of halogens is 1. The quantitative estimate of drug-likeness (QED) is 0.700. The number of hydrogen-bond acceptors (Lipinski definition) is 5. The van der Waals surface area contributed by atoms with Crippen LogP contribution in [0, 0.1) is 5.82 Å². The molecule has 0 saturated carbocycles. The van der Waals surface area contributed by atoms with Crippen molar-refractivity contribution in [3.05, 3.63) is 51.7 Å². The lowest BCUT2D eigenvalue weighted by atomic mass is 10.1. The highest BCUT2D eigenvalue weighted by molar-refractivity contribution is 7.99. The predicted molar refractivity (Wildman–Crippen MR) is 99.4 cm³/mol. The normalized spacial score (nSPS) is 10.5. The lowest BCUT2D eigenvalue weighted by molar-refractivity contribution is -0.118. The van der Waals surface area contributed by atoms with E-state index >= 15 is 0 Å². The topological polar surface area (TPSA) is 71.1 Å². The van der Waals surface area contributed by atoms with Crippen molar-refractivity contribution in [2.75, 3.05) is 18.1 Å². The Kier molecular flexibility index (Phi) is 7.87. The molecule has 1 aromatic heterocycles. The Labute approximate surface area is 154 Å². The second kappa shape index (κ2) is 10.1. The Morgan fingerprint density at radius 3 is 2.84 bits per heavy atom. The minimum Gasteiger partial charge on any atom is -0.350 e. The predicted octanol–water partition coefficient (Wildman–Crippen LogP) is 2.62. The molecule has 2 amide bonds. The summed E-state index contributed by atoms with van der Waals surface area (Å²) in [6.45, 7) is 2.64. The van der Waals surface area contributed by atoms with Gasteiger partial charge < -0.3 is 10.6 Å². The highest BCUT2D eigenvalue weighted by atomic mass is 32.2. The van der Waals surface area contributed by atoms with Crippen molar-refractivity contribution < 1.29 is 14.0 Å². The third-order valence-electron chi connectivity index (χ3n) is 3.30. The Bertz CT molecular complexity index is 721. The molecule has 2 N–H and O–H groups in total. The third-order valence-corrected chi connectivity index (χ3v) is 5.02. The Morgan fingerprint density at radius 1 is 1.28 bits per heavy atom. The second-order valence-corrected chi connectivity index (χ2v) is 7.35. The van der Waals surface area contributed by atoms with Crippen LogP contribution in [0.15, 0.2) is 29.6 Å². The Hall–Kier alpha value is -1.93. The van der Waals surface area contributed by atoms with E-state index < -0.39 is 0 Å². The van der Waals surface area contributed by atoms with Crippen LogP contribution in [0.1, 0.15) is 28.0 Å². The maximum Gasteiger partial charge on any atom is 0.270 e. The third kappa shape index (κ3) is 6.47. The summed E-state index contributed by atoms with van der Waals surface area (Å²) in [5.41, 5.74) is 0.875. The number of benzene rings is 1. The van der Waals surface area contributed by atoms with Gasteiger partial charge in [-0.25, -0.2) is 9.37 Å². The zero-order valence-electron chi connectivity index (χ0n) is 13.9. The van der Waals surface area contributed by atoms with Crippen molar-refractivity contribution in [2.24, 2.45) is 0 Å². The summed E-state index contributed by atoms with van der Waals surface area (Å²) in [4.78, 5) is 27.8. The van der Waals surface area contributed by atoms with Crippen LogP contribution in [0.2, 0.25) is 0 Å². The smallest absolute Gasteiger partial charge is 0.270 e. The van der Waals surface area contributed by atoms with Gasteiger partial charge in [0.15, 0.2) is 0 Å². The van der Waals surface area contributed by atoms with E-state index in [1.54, 1.807) is 35.3 Å². The maximum atomic E-state index is 13.5. The average Bonchev–Trinajstić information content (AvgIpc) is 3.09. The Balaban J connectivity index is 1.76. The van der Waals surface area contributed by atoms with Gasteiger partial charge in [-0.2, -0.15) is 11.8 Å². The van der Waals surface area contributed by atoms with Crippen molar-refractivity contribution in [3.8, 4) is 0 Å². The van der Waals surface area contributed by atoms with Gasteiger partial charge in [0, 0.05) is 11.9 Å². The second-order valence-electron chi connectivity index (χ2n) is 5.14. The molecule has 0 fully saturated rings. The van der Waals surface area contributed by atoms with Gasteiger partial charge in [-0.05, 0) is 23.8 Å². The van der Waals surface area contributed by atoms with Crippen LogP contribution in [-0.4, -0.2) is 34.8 Å². The summed E-state index contributed by atoms with van der Waals surface area (Å²) in [6.07, 6.45) is 0.417. The van der Waals surface area contributed by atoms with E-state index in [1.807, 2.05) is 6.92 Å². The molecule has 0 radical (unpaired) electrons. The molecule has 0 unspecified atom stereocenters. The van der Waals surface area contributed by atoms with Gasteiger partial charge >= 0.3 is 0 Å². The van der Waals surface area contributed by atoms with Crippen molar-refractivity contribution in [1.82, 2.24) is 15.6 Å². The average molecular weight is 381 g/mol. The minimum absolute atomic E-state index is 0.0436. The first-order valence-corrected chi connectivity index (χ1v) is 9.94. The summed E-state index contributed by atoms with van der Waals surface area (Å²) in [5, 5.41) is 7.83. The number of amides is 2. The van der Waals surface area contributed by atoms with Crippen LogP contribution < -0.4 is 10.6 Å². The molecule has 8 heteroatoms. The molecule has 25 heavy (non-hydrogen) atoms. The molecule has 0 aliphatic carbocycles. The zero-order valence-corrected chi connectivity index (χ0v) is 15.5. The van der Waals surface area contributed by atoms with Gasteiger partial charge in [0.05, 0.1) is 12.3 Å². The summed E-state index contributed by atoms with van der Waals surface area (Å²) >= 11 is 2.87. The van der Waals surface area contributed by atoms with Crippen LogP contribution >= 0.6 is 23.1 Å². The summed E-state index contributed by atoms with van der Waals surface area (Å²) in [7, 11) is 0. The van der Waals surface area contributed by atoms with Gasteiger partial charge in [-0.1, -0.05) is 25.1 Å². The summed E-state index contributed by atoms with van der Waals surface area (Å²) < 4.78 is 13.5. The number of thiazole rings is 1. The van der Waals surface area contributed by atoms with E-state index in [4.69, 9.17) is 0 Å². The highest BCUT2D eigenvalue weighted by Crippen LogP contribution is 2.10. The summed E-state index contributed by atoms with van der Waals surface area (Å²) in [5.74, 6) is 0.696. The fraction of sp³-hybridized carbons (Fsp3) is 0.353. The van der Waals surface area contributed by atoms with E-state index in [0.717, 1.165) is 5.75 Å². The minimum atomic E-state index is -0.299. The van der Waals surface area contributed by atoms with E-state index in [9.17, 15) is 14.0 Å². The molecule has 0 atom stereocenters. The molecule has 0 spiro atoms. The van der Waals surface area contributed by atoms with Crippen LogP contribution in [-0.2, 0) is 17.8 Å². The molecule has 5 nitrogen and oxygen atoms in total. The van der Waals surface area contributed by atoms with Gasteiger partial charge in [0.2, 0.25) is 5.91 Å². The number of rotatable bonds is 9. The Morgan fingerprint density at radius 2 is 2.08 bits per heavy atom. The fourth-order valence-corrected chi connectivity index (χ4v) is 3.22. The molecule has 134 valence electrons. The zero-order chi connectivity index (χ0) is 18.1. The van der Waals surface area contributed by atoms with E-state index in [0.29, 0.717) is 41.5 Å². The van der Waals surface area contributed by atoms with Crippen LogP contribution in [0.3, 0.4) is 0 Å². The molecular formula is C17H20FN3O2S2. The van der Waals surface area contributed by atoms with Crippen LogP contribution in [0.5, 0.6) is 0 Å². The van der Waals surface area contributed by atoms with Crippen molar-refractivity contribution >= 4 is 34.9 Å². The molecule has 2 aromatic rings. The van der Waals surface area contributed by atoms with Gasteiger partial charge in [-0.15, -0.1) is 11.3 Å². The summed E-state index contributed by atoms with van der Waals surface area (Å²) in [6, 6.07) is 6.49. The van der Waals surface area contributed by atoms with Crippen LogP contribution in [0.4, 0.5) is 4.39 Å². The van der Waals surface area contributed by atoms with Crippen molar-refractivity contribution in [1.29, 1.82) is 0 Å². The number of aromatic nitrogens is 1. The lowest BCUT2D eigenvalue weighted by Gasteiger charge is -2.04. The molecule has 2 rings (SSSR count). The molecule has 1 aromatic carbocycles.